The molecular formula is C20H28N2O4S2. The average Bonchev–Trinajstić information content (AvgIpc) is 2.62. The first-order valence-corrected chi connectivity index (χ1v) is 11.1. The molecule has 0 bridgehead atoms. The molecule has 0 saturated carbocycles. The largest absolute Gasteiger partial charge is 0.726 e. The van der Waals surface area contributed by atoms with Gasteiger partial charge in [0, 0.05) is 41.4 Å². The van der Waals surface area contributed by atoms with Crippen molar-refractivity contribution in [3.63, 3.8) is 0 Å². The number of thioether (sulfide) groups is 1. The van der Waals surface area contributed by atoms with Gasteiger partial charge in [0.1, 0.15) is 0 Å². The van der Waals surface area contributed by atoms with E-state index in [-0.39, 0.29) is 0 Å². The first kappa shape index (κ1) is 24.2. The van der Waals surface area contributed by atoms with Crippen molar-refractivity contribution in [2.45, 2.75) is 34.6 Å². The minimum atomic E-state index is -4.92. The van der Waals surface area contributed by atoms with E-state index in [4.69, 9.17) is 17.5 Å². The number of hydrogen-bond acceptors (Lipinski definition) is 5. The lowest BCUT2D eigenvalue weighted by Crippen LogP contribution is -2.61. The number of nitrogens with zero attached hydrogens (tertiary/aromatic N) is 1. The number of rotatable bonds is 5. The lowest BCUT2D eigenvalue weighted by Gasteiger charge is -2.20. The van der Waals surface area contributed by atoms with Gasteiger partial charge in [0.15, 0.2) is 6.21 Å². The van der Waals surface area contributed by atoms with Crippen molar-refractivity contribution >= 4 is 39.8 Å². The van der Waals surface area contributed by atoms with Crippen LogP contribution < -0.4 is 9.89 Å². The number of hydrogen-bond donors (Lipinski definition) is 2. The van der Waals surface area contributed by atoms with Crippen LogP contribution in [0.25, 0.3) is 0 Å². The van der Waals surface area contributed by atoms with Gasteiger partial charge in [0.25, 0.3) is 0 Å². The zero-order valence-electron chi connectivity index (χ0n) is 16.9. The van der Waals surface area contributed by atoms with E-state index < -0.39 is 10.4 Å². The van der Waals surface area contributed by atoms with Crippen LogP contribution in [0.1, 0.15) is 34.6 Å². The fraction of sp³-hybridized carbons (Fsp3) is 0.350. The predicted octanol–water partition coefficient (Wildman–Crippen LogP) is 3.19. The van der Waals surface area contributed by atoms with Crippen LogP contribution in [0.3, 0.4) is 0 Å². The van der Waals surface area contributed by atoms with Gasteiger partial charge in [-0.3, -0.25) is 4.55 Å². The van der Waals surface area contributed by atoms with Crippen LogP contribution in [0.5, 0.6) is 0 Å². The summed E-state index contributed by atoms with van der Waals surface area (Å²) in [4.78, 5) is 8.43. The van der Waals surface area contributed by atoms with Gasteiger partial charge in [-0.2, -0.15) is 0 Å². The molecule has 0 unspecified atom stereocenters. The van der Waals surface area contributed by atoms with E-state index in [0.29, 0.717) is 0 Å². The quantitative estimate of drug-likeness (QED) is 0.428. The van der Waals surface area contributed by atoms with E-state index in [1.54, 1.807) is 0 Å². The monoisotopic (exact) mass is 424 g/mol. The number of nitrogens with one attached hydrogen (secondary N) is 1. The third-order valence-electron chi connectivity index (χ3n) is 4.14. The van der Waals surface area contributed by atoms with Crippen molar-refractivity contribution in [3.05, 3.63) is 57.4 Å². The molecule has 1 heterocycles. The number of anilines is 1. The maximum Gasteiger partial charge on any atom is 0.215 e. The predicted molar refractivity (Wildman–Crippen MR) is 117 cm³/mol. The Hall–Kier alpha value is -1.87. The van der Waals surface area contributed by atoms with Crippen LogP contribution in [0, 0.1) is 0 Å². The van der Waals surface area contributed by atoms with Crippen LogP contribution >= 0.6 is 11.8 Å². The zero-order chi connectivity index (χ0) is 21.3. The molecule has 0 aromatic heterocycles. The van der Waals surface area contributed by atoms with Gasteiger partial charge in [0.05, 0.1) is 0 Å². The molecule has 1 aromatic carbocycles. The first-order valence-electron chi connectivity index (χ1n) is 8.92. The Kier molecular flexibility index (Phi) is 9.68. The van der Waals surface area contributed by atoms with Crippen LogP contribution in [-0.4, -0.2) is 36.8 Å². The zero-order valence-corrected chi connectivity index (χ0v) is 18.5. The van der Waals surface area contributed by atoms with E-state index in [1.807, 2.05) is 11.8 Å². The van der Waals surface area contributed by atoms with Crippen molar-refractivity contribution in [2.24, 2.45) is 0 Å². The van der Waals surface area contributed by atoms with Gasteiger partial charge in [0.2, 0.25) is 16.1 Å². The molecule has 0 fully saturated rings. The highest BCUT2D eigenvalue weighted by Gasteiger charge is 2.09. The van der Waals surface area contributed by atoms with Crippen LogP contribution in [0.4, 0.5) is 11.4 Å². The summed E-state index contributed by atoms with van der Waals surface area (Å²) < 4.78 is 32.8. The molecule has 28 heavy (non-hydrogen) atoms. The second-order valence-electron chi connectivity index (χ2n) is 6.16. The summed E-state index contributed by atoms with van der Waals surface area (Å²) in [6.07, 6.45) is 6.48. The molecule has 2 N–H and O–H groups in total. The van der Waals surface area contributed by atoms with E-state index in [2.05, 4.69) is 87.1 Å². The standard InChI is InChI=1S/C20H26N2S.H2O4S/c1-6-22(7-2)19-11-9-18(10-12-19)21-14-16(4)20-13-8-15(3)17(5)23-20;1-5(2,3)4/h8-14H,6-7H2,1-5H3;(H2,1,2,3,4)/b20-16+,21-14?;. The molecule has 0 saturated heterocycles. The summed E-state index contributed by atoms with van der Waals surface area (Å²) >= 11 is 1.84. The molecule has 0 amide bonds. The summed E-state index contributed by atoms with van der Waals surface area (Å²) in [5, 5.41) is 0. The molecule has 0 radical (unpaired) electrons. The normalized spacial score (nSPS) is 16.1. The Labute approximate surface area is 172 Å². The van der Waals surface area contributed by atoms with Gasteiger partial charge >= 0.3 is 0 Å². The maximum atomic E-state index is 8.63. The lowest BCUT2D eigenvalue weighted by molar-refractivity contribution is -0.347. The fourth-order valence-electron chi connectivity index (χ4n) is 2.43. The van der Waals surface area contributed by atoms with Crippen LogP contribution in [0.2, 0.25) is 0 Å². The van der Waals surface area contributed by atoms with E-state index in [0.717, 1.165) is 18.8 Å². The van der Waals surface area contributed by atoms with Crippen molar-refractivity contribution in [3.8, 4) is 0 Å². The first-order chi connectivity index (χ1) is 13.0. The summed E-state index contributed by atoms with van der Waals surface area (Å²) in [6.45, 7) is 12.9. The minimum Gasteiger partial charge on any atom is -0.726 e. The van der Waals surface area contributed by atoms with Crippen molar-refractivity contribution in [1.82, 2.24) is 0 Å². The molecule has 1 aliphatic rings. The molecule has 8 heteroatoms. The average molecular weight is 425 g/mol. The molecule has 0 atom stereocenters. The Bertz CT molecular complexity index is 871. The Morgan fingerprint density at radius 3 is 2.18 bits per heavy atom. The van der Waals surface area contributed by atoms with Gasteiger partial charge in [-0.15, -0.1) is 0 Å². The molecule has 6 nitrogen and oxygen atoms in total. The molecule has 154 valence electrons. The highest BCUT2D eigenvalue weighted by molar-refractivity contribution is 8.07. The number of benzene rings is 1. The third-order valence-corrected chi connectivity index (χ3v) is 5.45. The Morgan fingerprint density at radius 1 is 1.18 bits per heavy atom. The highest BCUT2D eigenvalue weighted by Crippen LogP contribution is 2.34. The molecular weight excluding hydrogens is 396 g/mol. The smallest absolute Gasteiger partial charge is 0.215 e. The van der Waals surface area contributed by atoms with Gasteiger partial charge in [-0.1, -0.05) is 17.8 Å². The van der Waals surface area contributed by atoms with Crippen molar-refractivity contribution < 1.29 is 22.5 Å². The van der Waals surface area contributed by atoms with Gasteiger partial charge in [-0.25, -0.2) is 13.4 Å². The summed E-state index contributed by atoms with van der Waals surface area (Å²) in [5.74, 6) is 0. The second kappa shape index (κ2) is 11.2. The summed E-state index contributed by atoms with van der Waals surface area (Å²) in [5.41, 5.74) is 5.00. The number of allylic oxidation sites excluding steroid dienone is 5. The Balaban J connectivity index is 0.000000696. The molecule has 0 aliphatic carbocycles. The topological polar surface area (TPSA) is 94.6 Å². The maximum absolute atomic E-state index is 8.63. The third kappa shape index (κ3) is 8.88. The van der Waals surface area contributed by atoms with Gasteiger partial charge in [-0.05, 0) is 63.3 Å². The molecule has 2 rings (SSSR count). The molecule has 1 aromatic rings. The van der Waals surface area contributed by atoms with Crippen LogP contribution in [0.15, 0.2) is 57.4 Å². The Morgan fingerprint density at radius 2 is 1.71 bits per heavy atom. The molecule has 1 aliphatic heterocycles. The minimum absolute atomic E-state index is 1.04. The van der Waals surface area contributed by atoms with E-state index in [9.17, 15) is 0 Å². The van der Waals surface area contributed by atoms with Crippen molar-refractivity contribution in [1.29, 1.82) is 0 Å². The summed E-state index contributed by atoms with van der Waals surface area (Å²) in [6, 6.07) is 8.64. The SMILES string of the molecule is CCN(CC)c1ccc([NH+]=C/C(C)=C2\C=CC(C)=C(C)S2)cc1.O=S(=O)([O-])O. The highest BCUT2D eigenvalue weighted by atomic mass is 32.3. The van der Waals surface area contributed by atoms with Crippen molar-refractivity contribution in [2.75, 3.05) is 18.0 Å². The fourth-order valence-corrected chi connectivity index (χ4v) is 3.34. The van der Waals surface area contributed by atoms with Gasteiger partial charge < -0.3 is 9.45 Å². The summed E-state index contributed by atoms with van der Waals surface area (Å²) in [7, 11) is -4.92. The molecule has 0 spiro atoms. The van der Waals surface area contributed by atoms with E-state index in [1.165, 1.54) is 26.6 Å². The van der Waals surface area contributed by atoms with E-state index >= 15 is 0 Å². The van der Waals surface area contributed by atoms with Crippen LogP contribution in [-0.2, 0) is 10.4 Å². The second-order valence-corrected chi connectivity index (χ2v) is 8.27. The lowest BCUT2D eigenvalue weighted by atomic mass is 10.2.